The Labute approximate surface area is 141 Å². The summed E-state index contributed by atoms with van der Waals surface area (Å²) in [6, 6.07) is 0.769. The standard InChI is InChI=1S/C19H34N2O2/c1-13(22)20-17-9-5-15(6-10-17)19(3,4)16-7-11-18(12-8-16)21-14(2)23/h15-18H,5-12H2,1-4H3,(H,20,22)(H,21,23). The van der Waals surface area contributed by atoms with Gasteiger partial charge in [0.2, 0.25) is 11.8 Å². The highest BCUT2D eigenvalue weighted by Crippen LogP contribution is 2.48. The highest BCUT2D eigenvalue weighted by Gasteiger charge is 2.40. The van der Waals surface area contributed by atoms with Crippen molar-refractivity contribution in [2.45, 2.75) is 91.1 Å². The van der Waals surface area contributed by atoms with Crippen molar-refractivity contribution >= 4 is 11.8 Å². The molecule has 0 bridgehead atoms. The van der Waals surface area contributed by atoms with Gasteiger partial charge in [-0.05, 0) is 68.6 Å². The van der Waals surface area contributed by atoms with Crippen molar-refractivity contribution in [1.29, 1.82) is 0 Å². The number of amides is 2. The first kappa shape index (κ1) is 18.3. The van der Waals surface area contributed by atoms with Crippen LogP contribution < -0.4 is 10.6 Å². The molecule has 2 saturated carbocycles. The van der Waals surface area contributed by atoms with E-state index in [9.17, 15) is 9.59 Å². The Balaban J connectivity index is 1.83. The highest BCUT2D eigenvalue weighted by atomic mass is 16.2. The first-order valence-corrected chi connectivity index (χ1v) is 9.33. The van der Waals surface area contributed by atoms with Gasteiger partial charge in [0.15, 0.2) is 0 Å². The SMILES string of the molecule is CC(=O)NC1CCC(C(C)(C)C2CCC(NC(C)=O)CC2)CC1. The molecular formula is C19H34N2O2. The summed E-state index contributed by atoms with van der Waals surface area (Å²) in [5.74, 6) is 1.72. The number of hydrogen-bond acceptors (Lipinski definition) is 2. The Bertz CT molecular complexity index is 379. The Hall–Kier alpha value is -1.06. The molecule has 0 atom stereocenters. The van der Waals surface area contributed by atoms with Gasteiger partial charge in [0.05, 0.1) is 0 Å². The molecule has 0 aromatic carbocycles. The van der Waals surface area contributed by atoms with Crippen LogP contribution in [-0.4, -0.2) is 23.9 Å². The molecule has 23 heavy (non-hydrogen) atoms. The van der Waals surface area contributed by atoms with Crippen LogP contribution in [0.25, 0.3) is 0 Å². The van der Waals surface area contributed by atoms with Gasteiger partial charge in [-0.25, -0.2) is 0 Å². The molecule has 0 radical (unpaired) electrons. The van der Waals surface area contributed by atoms with Crippen LogP contribution in [0.5, 0.6) is 0 Å². The molecule has 0 aliphatic heterocycles. The second-order valence-corrected chi connectivity index (χ2v) is 8.32. The van der Waals surface area contributed by atoms with E-state index in [1.165, 1.54) is 25.7 Å². The predicted octanol–water partition coefficient (Wildman–Crippen LogP) is 3.40. The van der Waals surface area contributed by atoms with E-state index >= 15 is 0 Å². The van der Waals surface area contributed by atoms with E-state index in [0.717, 1.165) is 37.5 Å². The van der Waals surface area contributed by atoms with Crippen molar-refractivity contribution in [2.75, 3.05) is 0 Å². The maximum atomic E-state index is 11.2. The summed E-state index contributed by atoms with van der Waals surface area (Å²) in [7, 11) is 0. The number of hydrogen-bond donors (Lipinski definition) is 2. The zero-order valence-corrected chi connectivity index (χ0v) is 15.3. The lowest BCUT2D eigenvalue weighted by molar-refractivity contribution is -0.120. The van der Waals surface area contributed by atoms with Crippen molar-refractivity contribution in [3.05, 3.63) is 0 Å². The van der Waals surface area contributed by atoms with E-state index in [2.05, 4.69) is 24.5 Å². The van der Waals surface area contributed by atoms with Crippen molar-refractivity contribution in [3.63, 3.8) is 0 Å². The van der Waals surface area contributed by atoms with Gasteiger partial charge < -0.3 is 10.6 Å². The molecule has 2 N–H and O–H groups in total. The molecule has 2 aliphatic carbocycles. The van der Waals surface area contributed by atoms with E-state index in [-0.39, 0.29) is 11.8 Å². The molecule has 0 aromatic rings. The van der Waals surface area contributed by atoms with Crippen LogP contribution in [0.15, 0.2) is 0 Å². The van der Waals surface area contributed by atoms with Crippen molar-refractivity contribution < 1.29 is 9.59 Å². The molecule has 0 spiro atoms. The van der Waals surface area contributed by atoms with E-state index in [1.807, 2.05) is 0 Å². The molecule has 0 saturated heterocycles. The van der Waals surface area contributed by atoms with Gasteiger partial charge in [0, 0.05) is 25.9 Å². The Kier molecular flexibility index (Phi) is 6.10. The highest BCUT2D eigenvalue weighted by molar-refractivity contribution is 5.73. The maximum Gasteiger partial charge on any atom is 0.217 e. The molecule has 0 unspecified atom stereocenters. The molecule has 2 rings (SSSR count). The minimum absolute atomic E-state index is 0.101. The number of rotatable bonds is 4. The van der Waals surface area contributed by atoms with Crippen LogP contribution in [0, 0.1) is 17.3 Å². The van der Waals surface area contributed by atoms with E-state index < -0.39 is 0 Å². The van der Waals surface area contributed by atoms with Gasteiger partial charge in [0.25, 0.3) is 0 Å². The van der Waals surface area contributed by atoms with Crippen LogP contribution in [0.3, 0.4) is 0 Å². The summed E-state index contributed by atoms with van der Waals surface area (Å²) >= 11 is 0. The van der Waals surface area contributed by atoms with Gasteiger partial charge in [-0.15, -0.1) is 0 Å². The zero-order chi connectivity index (χ0) is 17.0. The fourth-order valence-corrected chi connectivity index (χ4v) is 4.87. The molecule has 2 amide bonds. The predicted molar refractivity (Wildman–Crippen MR) is 92.9 cm³/mol. The molecule has 4 heteroatoms. The third-order valence-electron chi connectivity index (χ3n) is 6.37. The van der Waals surface area contributed by atoms with E-state index in [0.29, 0.717) is 17.5 Å². The second-order valence-electron chi connectivity index (χ2n) is 8.32. The number of carbonyl (C=O) groups excluding carboxylic acids is 2. The van der Waals surface area contributed by atoms with Gasteiger partial charge in [-0.2, -0.15) is 0 Å². The number of carbonyl (C=O) groups is 2. The van der Waals surface area contributed by atoms with Crippen LogP contribution in [-0.2, 0) is 9.59 Å². The zero-order valence-electron chi connectivity index (χ0n) is 15.3. The van der Waals surface area contributed by atoms with Crippen LogP contribution >= 0.6 is 0 Å². The first-order valence-electron chi connectivity index (χ1n) is 9.33. The third kappa shape index (κ3) is 4.95. The monoisotopic (exact) mass is 322 g/mol. The number of nitrogens with one attached hydrogen (secondary N) is 2. The van der Waals surface area contributed by atoms with Crippen molar-refractivity contribution in [1.82, 2.24) is 10.6 Å². The van der Waals surface area contributed by atoms with Crippen LogP contribution in [0.1, 0.15) is 79.1 Å². The minimum Gasteiger partial charge on any atom is -0.354 e. The Morgan fingerprint density at radius 1 is 0.696 bits per heavy atom. The lowest BCUT2D eigenvalue weighted by Crippen LogP contribution is -2.43. The second kappa shape index (κ2) is 7.67. The topological polar surface area (TPSA) is 58.2 Å². The van der Waals surface area contributed by atoms with E-state index in [4.69, 9.17) is 0 Å². The average Bonchev–Trinajstić information content (AvgIpc) is 2.47. The first-order chi connectivity index (χ1) is 10.8. The Morgan fingerprint density at radius 2 is 1.00 bits per heavy atom. The summed E-state index contributed by atoms with van der Waals surface area (Å²) in [5, 5.41) is 6.16. The lowest BCUT2D eigenvalue weighted by atomic mass is 9.60. The van der Waals surface area contributed by atoms with Crippen LogP contribution in [0.2, 0.25) is 0 Å². The minimum atomic E-state index is 0.101. The largest absolute Gasteiger partial charge is 0.354 e. The van der Waals surface area contributed by atoms with Gasteiger partial charge in [-0.3, -0.25) is 9.59 Å². The third-order valence-corrected chi connectivity index (χ3v) is 6.37. The van der Waals surface area contributed by atoms with E-state index in [1.54, 1.807) is 13.8 Å². The summed E-state index contributed by atoms with van der Waals surface area (Å²) in [5.41, 5.74) is 0.363. The Morgan fingerprint density at radius 3 is 1.26 bits per heavy atom. The molecule has 4 nitrogen and oxygen atoms in total. The van der Waals surface area contributed by atoms with Crippen LogP contribution in [0.4, 0.5) is 0 Å². The fourth-order valence-electron chi connectivity index (χ4n) is 4.87. The lowest BCUT2D eigenvalue weighted by Gasteiger charge is -2.46. The van der Waals surface area contributed by atoms with Crippen molar-refractivity contribution in [2.24, 2.45) is 17.3 Å². The summed E-state index contributed by atoms with van der Waals surface area (Å²) in [6.45, 7) is 8.12. The summed E-state index contributed by atoms with van der Waals surface area (Å²) in [4.78, 5) is 22.4. The van der Waals surface area contributed by atoms with Crippen molar-refractivity contribution in [3.8, 4) is 0 Å². The molecule has 2 aliphatic rings. The molecule has 2 fully saturated rings. The molecular weight excluding hydrogens is 288 g/mol. The van der Waals surface area contributed by atoms with Gasteiger partial charge in [0.1, 0.15) is 0 Å². The summed E-state index contributed by atoms with van der Waals surface area (Å²) < 4.78 is 0. The molecule has 0 aromatic heterocycles. The molecule has 0 heterocycles. The summed E-state index contributed by atoms with van der Waals surface area (Å²) in [6.07, 6.45) is 9.38. The average molecular weight is 322 g/mol. The quantitative estimate of drug-likeness (QED) is 0.833. The van der Waals surface area contributed by atoms with Gasteiger partial charge in [-0.1, -0.05) is 13.8 Å². The molecule has 132 valence electrons. The maximum absolute atomic E-state index is 11.2. The fraction of sp³-hybridized carbons (Fsp3) is 0.895. The van der Waals surface area contributed by atoms with Gasteiger partial charge >= 0.3 is 0 Å². The smallest absolute Gasteiger partial charge is 0.217 e. The normalized spacial score (nSPS) is 32.2.